The van der Waals surface area contributed by atoms with Crippen molar-refractivity contribution in [1.29, 1.82) is 0 Å². The van der Waals surface area contributed by atoms with E-state index in [1.165, 1.54) is 0 Å². The van der Waals surface area contributed by atoms with E-state index in [1.54, 1.807) is 29.2 Å². The first kappa shape index (κ1) is 26.2. The molecule has 2 aromatic carbocycles. The summed E-state index contributed by atoms with van der Waals surface area (Å²) in [4.78, 5) is 18.9. The van der Waals surface area contributed by atoms with Crippen LogP contribution in [0.2, 0.25) is 10.0 Å². The van der Waals surface area contributed by atoms with Gasteiger partial charge in [0, 0.05) is 31.0 Å². The molecule has 0 aromatic heterocycles. The maximum absolute atomic E-state index is 14.3. The Labute approximate surface area is 218 Å². The zero-order valence-electron chi connectivity index (χ0n) is 19.0. The predicted molar refractivity (Wildman–Crippen MR) is 124 cm³/mol. The number of hydrogen-bond acceptors (Lipinski definition) is 3. The van der Waals surface area contributed by atoms with Gasteiger partial charge in [-0.25, -0.2) is 0 Å². The maximum atomic E-state index is 14.3. The molecular formula is C25H20Cl2F6N2O2. The number of hydroxylamine groups is 1. The van der Waals surface area contributed by atoms with Crippen molar-refractivity contribution in [2.24, 2.45) is 5.92 Å². The Morgan fingerprint density at radius 2 is 1.70 bits per heavy atom. The SMILES string of the molecule is O=C(CC1CC1)N1CC(c2ccc(C3=CC(c4cc(Cl)c(Cl)c(C(F)(F)F)c4)(C(F)(F)F)ON3)cc2)C1. The van der Waals surface area contributed by atoms with Crippen LogP contribution in [0.1, 0.15) is 47.4 Å². The summed E-state index contributed by atoms with van der Waals surface area (Å²) in [6.45, 7) is 1.18. The smallest absolute Gasteiger partial charge is 0.341 e. The van der Waals surface area contributed by atoms with E-state index in [9.17, 15) is 31.1 Å². The molecule has 1 N–H and O–H groups in total. The monoisotopic (exact) mass is 564 g/mol. The largest absolute Gasteiger partial charge is 0.428 e. The number of nitrogens with one attached hydrogen (secondary N) is 1. The van der Waals surface area contributed by atoms with Gasteiger partial charge in [-0.1, -0.05) is 47.5 Å². The minimum Gasteiger partial charge on any atom is -0.341 e. The van der Waals surface area contributed by atoms with Crippen LogP contribution in [0.15, 0.2) is 42.5 Å². The van der Waals surface area contributed by atoms with Crippen molar-refractivity contribution >= 4 is 34.8 Å². The van der Waals surface area contributed by atoms with Gasteiger partial charge in [0.05, 0.1) is 21.3 Å². The van der Waals surface area contributed by atoms with Gasteiger partial charge in [-0.05, 0) is 48.1 Å². The number of nitrogens with zero attached hydrogens (tertiary/aromatic N) is 1. The lowest BCUT2D eigenvalue weighted by atomic mass is 9.88. The van der Waals surface area contributed by atoms with Crippen LogP contribution < -0.4 is 5.48 Å². The predicted octanol–water partition coefficient (Wildman–Crippen LogP) is 7.07. The van der Waals surface area contributed by atoms with Crippen LogP contribution in [0.5, 0.6) is 0 Å². The number of likely N-dealkylation sites (tertiary alicyclic amines) is 1. The molecule has 1 atom stereocenters. The molecule has 12 heteroatoms. The number of benzene rings is 2. The number of amides is 1. The molecule has 198 valence electrons. The summed E-state index contributed by atoms with van der Waals surface area (Å²) in [6, 6.07) is 7.69. The Bertz CT molecular complexity index is 1250. The first-order valence-corrected chi connectivity index (χ1v) is 12.2. The van der Waals surface area contributed by atoms with Crippen LogP contribution >= 0.6 is 23.2 Å². The van der Waals surface area contributed by atoms with Gasteiger partial charge in [-0.3, -0.25) is 15.1 Å². The fourth-order valence-electron chi connectivity index (χ4n) is 4.52. The van der Waals surface area contributed by atoms with E-state index in [0.29, 0.717) is 49.2 Å². The average molecular weight is 565 g/mol. The van der Waals surface area contributed by atoms with E-state index >= 15 is 0 Å². The molecule has 37 heavy (non-hydrogen) atoms. The van der Waals surface area contributed by atoms with Gasteiger partial charge in [0.15, 0.2) is 0 Å². The number of alkyl halides is 6. The molecule has 5 rings (SSSR count). The Balaban J connectivity index is 1.39. The standard InChI is InChI=1S/C25H20Cl2F6N2O2/c26-19-9-17(8-18(22(19)27)24(28,29)30)23(25(31,32)33)10-20(34-37-23)15-5-3-14(4-6-15)16-11-35(12-16)21(36)7-13-1-2-13/h3-6,8-10,13,16,34H,1-2,7,11-12H2. The summed E-state index contributed by atoms with van der Waals surface area (Å²) in [5.74, 6) is 0.783. The van der Waals surface area contributed by atoms with Crippen molar-refractivity contribution in [1.82, 2.24) is 10.4 Å². The number of carbonyl (C=O) groups excluding carboxylic acids is 1. The van der Waals surface area contributed by atoms with Gasteiger partial charge in [-0.2, -0.15) is 26.3 Å². The zero-order valence-corrected chi connectivity index (χ0v) is 20.5. The van der Waals surface area contributed by atoms with E-state index in [1.807, 2.05) is 0 Å². The van der Waals surface area contributed by atoms with Gasteiger partial charge < -0.3 is 4.90 Å². The van der Waals surface area contributed by atoms with Crippen molar-refractivity contribution in [2.75, 3.05) is 13.1 Å². The van der Waals surface area contributed by atoms with Gasteiger partial charge in [-0.15, -0.1) is 0 Å². The molecule has 1 saturated heterocycles. The Morgan fingerprint density at radius 3 is 2.27 bits per heavy atom. The number of rotatable bonds is 5. The van der Waals surface area contributed by atoms with Gasteiger partial charge in [0.2, 0.25) is 11.5 Å². The maximum Gasteiger partial charge on any atom is 0.428 e. The summed E-state index contributed by atoms with van der Waals surface area (Å²) in [5.41, 5.74) is -2.19. The first-order chi connectivity index (χ1) is 17.3. The highest BCUT2D eigenvalue weighted by atomic mass is 35.5. The second-order valence-electron chi connectivity index (χ2n) is 9.58. The Kier molecular flexibility index (Phi) is 6.44. The molecule has 2 fully saturated rings. The number of halogens is 8. The molecule has 0 spiro atoms. The highest BCUT2D eigenvalue weighted by molar-refractivity contribution is 6.42. The van der Waals surface area contributed by atoms with Crippen LogP contribution in [-0.4, -0.2) is 30.1 Å². The molecule has 2 heterocycles. The first-order valence-electron chi connectivity index (χ1n) is 11.5. The second-order valence-corrected chi connectivity index (χ2v) is 10.4. The molecule has 1 aliphatic carbocycles. The second kappa shape index (κ2) is 9.10. The van der Waals surface area contributed by atoms with Gasteiger partial charge in [0.1, 0.15) is 0 Å². The molecular weight excluding hydrogens is 545 g/mol. The third-order valence-corrected chi connectivity index (χ3v) is 7.74. The van der Waals surface area contributed by atoms with Crippen molar-refractivity contribution in [3.63, 3.8) is 0 Å². The molecule has 2 aromatic rings. The molecule has 0 bridgehead atoms. The minimum absolute atomic E-state index is 0.0710. The van der Waals surface area contributed by atoms with Crippen molar-refractivity contribution in [2.45, 2.75) is 43.1 Å². The summed E-state index contributed by atoms with van der Waals surface area (Å²) >= 11 is 11.4. The van der Waals surface area contributed by atoms with Gasteiger partial charge in [0.25, 0.3) is 0 Å². The lowest BCUT2D eigenvalue weighted by Crippen LogP contribution is -2.48. The summed E-state index contributed by atoms with van der Waals surface area (Å²) in [6.07, 6.45) is -6.70. The third kappa shape index (κ3) is 4.91. The molecule has 1 saturated carbocycles. The van der Waals surface area contributed by atoms with Crippen LogP contribution in [-0.2, 0) is 21.4 Å². The zero-order chi connectivity index (χ0) is 26.8. The lowest BCUT2D eigenvalue weighted by Gasteiger charge is -2.39. The van der Waals surface area contributed by atoms with E-state index in [4.69, 9.17) is 28.0 Å². The molecule has 1 unspecified atom stereocenters. The molecule has 4 nitrogen and oxygen atoms in total. The summed E-state index contributed by atoms with van der Waals surface area (Å²) in [7, 11) is 0. The fourth-order valence-corrected chi connectivity index (χ4v) is 4.96. The number of hydrogen-bond donors (Lipinski definition) is 1. The van der Waals surface area contributed by atoms with Crippen molar-refractivity contribution < 1.29 is 36.0 Å². The van der Waals surface area contributed by atoms with E-state index in [0.717, 1.165) is 18.4 Å². The third-order valence-electron chi connectivity index (χ3n) is 6.94. The highest BCUT2D eigenvalue weighted by Crippen LogP contribution is 2.50. The van der Waals surface area contributed by atoms with Crippen molar-refractivity contribution in [3.8, 4) is 0 Å². The molecule has 0 radical (unpaired) electrons. The van der Waals surface area contributed by atoms with Crippen LogP contribution in [0, 0.1) is 5.92 Å². The Hall–Kier alpha value is -2.43. The molecule has 3 aliphatic rings. The minimum atomic E-state index is -5.13. The van der Waals surface area contributed by atoms with Crippen LogP contribution in [0.4, 0.5) is 26.3 Å². The fraction of sp³-hybridized carbons (Fsp3) is 0.400. The quantitative estimate of drug-likeness (QED) is 0.395. The number of carbonyl (C=O) groups is 1. The normalized spacial score (nSPS) is 22.5. The highest BCUT2D eigenvalue weighted by Gasteiger charge is 2.60. The average Bonchev–Trinajstić information content (AvgIpc) is 3.46. The van der Waals surface area contributed by atoms with E-state index in [-0.39, 0.29) is 17.5 Å². The van der Waals surface area contributed by atoms with Crippen LogP contribution in [0.25, 0.3) is 5.70 Å². The molecule has 2 aliphatic heterocycles. The molecule has 1 amide bonds. The van der Waals surface area contributed by atoms with Crippen molar-refractivity contribution in [3.05, 3.63) is 74.8 Å². The topological polar surface area (TPSA) is 41.6 Å². The lowest BCUT2D eigenvalue weighted by molar-refractivity contribution is -0.269. The Morgan fingerprint density at radius 1 is 1.05 bits per heavy atom. The van der Waals surface area contributed by atoms with Crippen LogP contribution in [0.3, 0.4) is 0 Å². The van der Waals surface area contributed by atoms with Gasteiger partial charge >= 0.3 is 12.4 Å². The summed E-state index contributed by atoms with van der Waals surface area (Å²) < 4.78 is 83.0. The summed E-state index contributed by atoms with van der Waals surface area (Å²) in [5, 5.41) is -1.58. The van der Waals surface area contributed by atoms with E-state index < -0.39 is 39.1 Å². The van der Waals surface area contributed by atoms with E-state index in [2.05, 4.69) is 5.48 Å².